The van der Waals surface area contributed by atoms with Crippen molar-refractivity contribution in [2.75, 3.05) is 11.9 Å². The third-order valence-electron chi connectivity index (χ3n) is 2.34. The smallest absolute Gasteiger partial charge is 0.308 e. The molecule has 1 aromatic rings. The number of rotatable bonds is 5. The van der Waals surface area contributed by atoms with Crippen LogP contribution in [0.4, 0.5) is 5.82 Å². The van der Waals surface area contributed by atoms with Gasteiger partial charge in [-0.25, -0.2) is 4.98 Å². The molecule has 0 aliphatic rings. The summed E-state index contributed by atoms with van der Waals surface area (Å²) in [4.78, 5) is 19.0. The summed E-state index contributed by atoms with van der Waals surface area (Å²) < 4.78 is 0. The van der Waals surface area contributed by atoms with Gasteiger partial charge in [0, 0.05) is 6.54 Å². The standard InChI is InChI=1S/C12H18ClN3O2/c1-12(2,3)4-8(11(17)18)5-15-10-7-14-6-9(13)16-10/h6-8H,4-5H2,1-3H3,(H,15,16)(H,17,18). The van der Waals surface area contributed by atoms with E-state index in [0.717, 1.165) is 0 Å². The Hall–Kier alpha value is -1.36. The van der Waals surface area contributed by atoms with Crippen molar-refractivity contribution < 1.29 is 9.90 Å². The van der Waals surface area contributed by atoms with Gasteiger partial charge in [-0.3, -0.25) is 9.78 Å². The molecule has 1 atom stereocenters. The Kier molecular flexibility index (Phi) is 4.90. The van der Waals surface area contributed by atoms with Crippen LogP contribution in [0.1, 0.15) is 27.2 Å². The third-order valence-corrected chi connectivity index (χ3v) is 2.52. The molecular weight excluding hydrogens is 254 g/mol. The van der Waals surface area contributed by atoms with Crippen molar-refractivity contribution in [1.29, 1.82) is 0 Å². The fourth-order valence-corrected chi connectivity index (χ4v) is 1.79. The lowest BCUT2D eigenvalue weighted by molar-refractivity contribution is -0.142. The van der Waals surface area contributed by atoms with E-state index in [1.54, 1.807) is 0 Å². The lowest BCUT2D eigenvalue weighted by atomic mass is 9.84. The van der Waals surface area contributed by atoms with E-state index in [0.29, 0.717) is 18.8 Å². The molecule has 0 fully saturated rings. The quantitative estimate of drug-likeness (QED) is 0.861. The monoisotopic (exact) mass is 271 g/mol. The topological polar surface area (TPSA) is 75.1 Å². The van der Waals surface area contributed by atoms with Crippen molar-refractivity contribution in [3.05, 3.63) is 17.5 Å². The molecule has 6 heteroatoms. The number of carboxylic acid groups (broad SMARTS) is 1. The van der Waals surface area contributed by atoms with Gasteiger partial charge in [0.05, 0.1) is 18.3 Å². The highest BCUT2D eigenvalue weighted by Crippen LogP contribution is 2.24. The molecular formula is C12H18ClN3O2. The van der Waals surface area contributed by atoms with Crippen molar-refractivity contribution >= 4 is 23.4 Å². The van der Waals surface area contributed by atoms with Gasteiger partial charge in [0.25, 0.3) is 0 Å². The van der Waals surface area contributed by atoms with Crippen LogP contribution in [0.25, 0.3) is 0 Å². The first-order valence-electron chi connectivity index (χ1n) is 5.72. The van der Waals surface area contributed by atoms with E-state index >= 15 is 0 Å². The van der Waals surface area contributed by atoms with Crippen molar-refractivity contribution in [2.24, 2.45) is 11.3 Å². The van der Waals surface area contributed by atoms with Gasteiger partial charge in [-0.15, -0.1) is 0 Å². The third kappa shape index (κ3) is 5.31. The van der Waals surface area contributed by atoms with E-state index in [4.69, 9.17) is 16.7 Å². The molecule has 1 unspecified atom stereocenters. The minimum Gasteiger partial charge on any atom is -0.481 e. The molecule has 0 bridgehead atoms. The molecule has 5 nitrogen and oxygen atoms in total. The molecule has 0 spiro atoms. The Morgan fingerprint density at radius 2 is 2.17 bits per heavy atom. The Balaban J connectivity index is 2.60. The molecule has 2 N–H and O–H groups in total. The molecule has 0 aromatic carbocycles. The molecule has 0 amide bonds. The second-order valence-corrected chi connectivity index (χ2v) is 5.80. The molecule has 0 radical (unpaired) electrons. The summed E-state index contributed by atoms with van der Waals surface area (Å²) >= 11 is 5.70. The summed E-state index contributed by atoms with van der Waals surface area (Å²) in [5, 5.41) is 12.4. The van der Waals surface area contributed by atoms with Crippen LogP contribution in [0.3, 0.4) is 0 Å². The van der Waals surface area contributed by atoms with E-state index < -0.39 is 11.9 Å². The van der Waals surface area contributed by atoms with Crippen molar-refractivity contribution in [3.63, 3.8) is 0 Å². The van der Waals surface area contributed by atoms with Gasteiger partial charge >= 0.3 is 5.97 Å². The molecule has 100 valence electrons. The van der Waals surface area contributed by atoms with Crippen molar-refractivity contribution in [1.82, 2.24) is 9.97 Å². The maximum Gasteiger partial charge on any atom is 0.308 e. The van der Waals surface area contributed by atoms with Crippen LogP contribution in [-0.2, 0) is 4.79 Å². The fourth-order valence-electron chi connectivity index (χ4n) is 1.64. The van der Waals surface area contributed by atoms with Crippen molar-refractivity contribution in [2.45, 2.75) is 27.2 Å². The van der Waals surface area contributed by atoms with Crippen LogP contribution < -0.4 is 5.32 Å². The molecule has 1 rings (SSSR count). The predicted octanol–water partition coefficient (Wildman–Crippen LogP) is 2.68. The largest absolute Gasteiger partial charge is 0.481 e. The maximum absolute atomic E-state index is 11.2. The van der Waals surface area contributed by atoms with Crippen LogP contribution in [-0.4, -0.2) is 27.6 Å². The highest BCUT2D eigenvalue weighted by atomic mass is 35.5. The Labute approximate surface area is 112 Å². The average molecular weight is 272 g/mol. The van der Waals surface area contributed by atoms with E-state index in [2.05, 4.69) is 15.3 Å². The molecule has 1 aromatic heterocycles. The van der Waals surface area contributed by atoms with E-state index in [1.165, 1.54) is 12.4 Å². The Morgan fingerprint density at radius 3 is 2.67 bits per heavy atom. The average Bonchev–Trinajstić information content (AvgIpc) is 2.22. The summed E-state index contributed by atoms with van der Waals surface area (Å²) in [5.74, 6) is -0.791. The molecule has 18 heavy (non-hydrogen) atoms. The van der Waals surface area contributed by atoms with E-state index in [9.17, 15) is 4.79 Å². The number of carboxylic acids is 1. The van der Waals surface area contributed by atoms with Crippen LogP contribution in [0.5, 0.6) is 0 Å². The van der Waals surface area contributed by atoms with Gasteiger partial charge in [-0.05, 0) is 11.8 Å². The van der Waals surface area contributed by atoms with Crippen LogP contribution in [0.2, 0.25) is 5.15 Å². The number of nitrogens with zero attached hydrogens (tertiary/aromatic N) is 2. The minimum absolute atomic E-state index is 0.0370. The van der Waals surface area contributed by atoms with Crippen molar-refractivity contribution in [3.8, 4) is 0 Å². The van der Waals surface area contributed by atoms with Gasteiger partial charge in [0.1, 0.15) is 11.0 Å². The normalized spacial score (nSPS) is 13.1. The lowest BCUT2D eigenvalue weighted by Gasteiger charge is -2.23. The fraction of sp³-hybridized carbons (Fsp3) is 0.583. The zero-order valence-corrected chi connectivity index (χ0v) is 11.5. The molecule has 0 saturated heterocycles. The highest BCUT2D eigenvalue weighted by molar-refractivity contribution is 6.29. The molecule has 0 aliphatic carbocycles. The van der Waals surface area contributed by atoms with Crippen LogP contribution in [0.15, 0.2) is 12.4 Å². The summed E-state index contributed by atoms with van der Waals surface area (Å²) in [6.45, 7) is 6.36. The second-order valence-electron chi connectivity index (χ2n) is 5.41. The van der Waals surface area contributed by atoms with Gasteiger partial charge in [0.15, 0.2) is 0 Å². The molecule has 0 saturated carbocycles. The number of aromatic nitrogens is 2. The van der Waals surface area contributed by atoms with Gasteiger partial charge in [0.2, 0.25) is 0 Å². The Bertz CT molecular complexity index is 418. The lowest BCUT2D eigenvalue weighted by Crippen LogP contribution is -2.27. The van der Waals surface area contributed by atoms with Gasteiger partial charge in [-0.1, -0.05) is 32.4 Å². The van der Waals surface area contributed by atoms with Crippen LogP contribution in [0, 0.1) is 11.3 Å². The summed E-state index contributed by atoms with van der Waals surface area (Å²) in [7, 11) is 0. The number of anilines is 1. The zero-order valence-electron chi connectivity index (χ0n) is 10.8. The maximum atomic E-state index is 11.2. The zero-order chi connectivity index (χ0) is 13.8. The highest BCUT2D eigenvalue weighted by Gasteiger charge is 2.24. The Morgan fingerprint density at radius 1 is 1.50 bits per heavy atom. The second kappa shape index (κ2) is 6.00. The summed E-state index contributed by atoms with van der Waals surface area (Å²) in [6.07, 6.45) is 3.53. The number of hydrogen-bond acceptors (Lipinski definition) is 4. The number of aliphatic carboxylic acids is 1. The first kappa shape index (κ1) is 14.7. The number of nitrogens with one attached hydrogen (secondary N) is 1. The number of halogens is 1. The van der Waals surface area contributed by atoms with Crippen LogP contribution >= 0.6 is 11.6 Å². The first-order chi connectivity index (χ1) is 8.28. The predicted molar refractivity (Wildman–Crippen MR) is 70.7 cm³/mol. The summed E-state index contributed by atoms with van der Waals surface area (Å²) in [5.41, 5.74) is -0.0370. The van der Waals surface area contributed by atoms with E-state index in [-0.39, 0.29) is 10.6 Å². The molecule has 1 heterocycles. The number of carbonyl (C=O) groups is 1. The SMILES string of the molecule is CC(C)(C)CC(CNc1cncc(Cl)n1)C(=O)O. The van der Waals surface area contributed by atoms with Gasteiger partial charge in [-0.2, -0.15) is 0 Å². The molecule has 0 aliphatic heterocycles. The van der Waals surface area contributed by atoms with E-state index in [1.807, 2.05) is 20.8 Å². The van der Waals surface area contributed by atoms with Gasteiger partial charge < -0.3 is 10.4 Å². The first-order valence-corrected chi connectivity index (χ1v) is 6.10. The minimum atomic E-state index is -0.813. The summed E-state index contributed by atoms with van der Waals surface area (Å²) in [6, 6.07) is 0. The number of hydrogen-bond donors (Lipinski definition) is 2.